The lowest BCUT2D eigenvalue weighted by atomic mass is 9.44. The third-order valence-electron chi connectivity index (χ3n) is 12.7. The molecule has 1 saturated heterocycles. The van der Waals surface area contributed by atoms with Gasteiger partial charge in [-0.25, -0.2) is 19.2 Å². The van der Waals surface area contributed by atoms with Crippen LogP contribution in [0, 0.1) is 16.7 Å². The molecule has 3 aliphatic carbocycles. The van der Waals surface area contributed by atoms with Crippen molar-refractivity contribution >= 4 is 47.3 Å². The average Bonchev–Trinajstić information content (AvgIpc) is 3.72. The molecule has 6 rings (SSSR count). The minimum absolute atomic E-state index is 0.0535. The summed E-state index contributed by atoms with van der Waals surface area (Å²) in [5.74, 6) is -5.53. The molecule has 62 heavy (non-hydrogen) atoms. The third kappa shape index (κ3) is 8.11. The van der Waals surface area contributed by atoms with Crippen LogP contribution in [0.4, 0.5) is 9.59 Å². The van der Waals surface area contributed by atoms with Crippen LogP contribution < -0.4 is 5.32 Å². The van der Waals surface area contributed by atoms with Gasteiger partial charge in [0.05, 0.1) is 36.2 Å². The molecular formula is C44H55NO16S. The molecule has 2 aromatic rings. The summed E-state index contributed by atoms with van der Waals surface area (Å²) in [5.41, 5.74) is -8.89. The number of nitrogens with one attached hydrogen (secondary N) is 1. The fraction of sp³-hybridized carbons (Fsp3) is 0.591. The lowest BCUT2D eigenvalue weighted by Gasteiger charge is -2.67. The Morgan fingerprint density at radius 2 is 1.69 bits per heavy atom. The van der Waals surface area contributed by atoms with Gasteiger partial charge in [0.15, 0.2) is 23.6 Å². The number of amides is 1. The van der Waals surface area contributed by atoms with Crippen LogP contribution in [-0.2, 0) is 47.5 Å². The van der Waals surface area contributed by atoms with Gasteiger partial charge in [0, 0.05) is 30.1 Å². The second kappa shape index (κ2) is 17.0. The van der Waals surface area contributed by atoms with Crippen LogP contribution in [-0.4, -0.2) is 118 Å². The maximum Gasteiger partial charge on any atom is 0.509 e. The Labute approximate surface area is 363 Å². The van der Waals surface area contributed by atoms with Gasteiger partial charge < -0.3 is 53.8 Å². The molecule has 0 radical (unpaired) electrons. The Hall–Kier alpha value is -4.88. The zero-order valence-electron chi connectivity index (χ0n) is 36.1. The lowest BCUT2D eigenvalue weighted by Crippen LogP contribution is -2.82. The number of hydrogen-bond acceptors (Lipinski definition) is 17. The van der Waals surface area contributed by atoms with E-state index in [1.807, 2.05) is 0 Å². The first-order valence-corrected chi connectivity index (χ1v) is 21.3. The quantitative estimate of drug-likeness (QED) is 0.146. The first-order valence-electron chi connectivity index (χ1n) is 20.4. The molecular weight excluding hydrogens is 831 g/mol. The highest BCUT2D eigenvalue weighted by atomic mass is 32.1. The first-order chi connectivity index (χ1) is 28.9. The van der Waals surface area contributed by atoms with Crippen molar-refractivity contribution in [1.29, 1.82) is 0 Å². The summed E-state index contributed by atoms with van der Waals surface area (Å²) in [4.78, 5) is 83.7. The number of ketones is 1. The van der Waals surface area contributed by atoms with Crippen molar-refractivity contribution in [2.45, 2.75) is 135 Å². The van der Waals surface area contributed by atoms with E-state index in [9.17, 15) is 39.3 Å². The van der Waals surface area contributed by atoms with Gasteiger partial charge in [-0.2, -0.15) is 0 Å². The van der Waals surface area contributed by atoms with Crippen LogP contribution in [0.15, 0.2) is 59.0 Å². The Bertz CT molecular complexity index is 2100. The van der Waals surface area contributed by atoms with E-state index in [1.165, 1.54) is 46.8 Å². The van der Waals surface area contributed by atoms with E-state index in [0.29, 0.717) is 4.88 Å². The molecule has 2 bridgehead atoms. The van der Waals surface area contributed by atoms with Crippen molar-refractivity contribution in [3.63, 3.8) is 0 Å². The smallest absolute Gasteiger partial charge is 0.456 e. The molecule has 2 heterocycles. The van der Waals surface area contributed by atoms with Gasteiger partial charge >= 0.3 is 30.2 Å². The van der Waals surface area contributed by atoms with E-state index in [4.69, 9.17) is 33.2 Å². The number of esters is 3. The molecule has 3 fully saturated rings. The monoisotopic (exact) mass is 885 g/mol. The summed E-state index contributed by atoms with van der Waals surface area (Å²) in [6.07, 6.45) is -13.1. The van der Waals surface area contributed by atoms with Gasteiger partial charge in [-0.15, -0.1) is 11.3 Å². The number of benzene rings is 1. The highest BCUT2D eigenvalue weighted by Gasteiger charge is 2.78. The zero-order chi connectivity index (χ0) is 45.7. The maximum absolute atomic E-state index is 15.6. The summed E-state index contributed by atoms with van der Waals surface area (Å²) < 4.78 is 40.7. The van der Waals surface area contributed by atoms with E-state index in [0.717, 1.165) is 18.3 Å². The largest absolute Gasteiger partial charge is 0.509 e. The second-order valence-electron chi connectivity index (χ2n) is 18.0. The summed E-state index contributed by atoms with van der Waals surface area (Å²) >= 11 is 1.13. The Balaban J connectivity index is 1.55. The lowest BCUT2D eigenvalue weighted by molar-refractivity contribution is -0.346. The predicted molar refractivity (Wildman–Crippen MR) is 217 cm³/mol. The van der Waals surface area contributed by atoms with Gasteiger partial charge in [-0.05, 0) is 76.3 Å². The van der Waals surface area contributed by atoms with Crippen molar-refractivity contribution in [2.24, 2.45) is 16.7 Å². The Morgan fingerprint density at radius 1 is 1.02 bits per heavy atom. The van der Waals surface area contributed by atoms with Crippen molar-refractivity contribution in [2.75, 3.05) is 13.2 Å². The van der Waals surface area contributed by atoms with Crippen molar-refractivity contribution in [1.82, 2.24) is 5.32 Å². The number of alkyl carbamates (subject to hydrolysis) is 1. The minimum Gasteiger partial charge on any atom is -0.456 e. The van der Waals surface area contributed by atoms with E-state index in [2.05, 4.69) is 5.32 Å². The topological polar surface area (TPSA) is 240 Å². The standard InChI is InChI=1S/C44H55NO16S/c1-10-55-39(53)58-32-29-22(2)25(57-37(51)31(48)30(26-17-14-18-62-26)45-38(52)61-40(4,5)6)20-44(54,41(29,7)8)35(59-36(50)24-15-12-11-13-16-24)33-42(9,34(32)49)27(47)19-28-43(33,21-56-28)60-23(3)46/h11-18,25,27-28,30-33,35,47-48,54H,10,19-21H2,1-9H3,(H,45,52)/t25-,27-,28+,30-,31+,32+,33?,35?,42+,43-,44+/m0/s1. The molecule has 4 aliphatic rings. The van der Waals surface area contributed by atoms with Crippen LogP contribution in [0.5, 0.6) is 0 Å². The SMILES string of the molecule is CCOC(=O)O[C@H]1C(=O)[C@@]2(C)C(C(OC(=O)c3ccccc3)[C@]3(O)C[C@H](OC(=O)[C@H](O)[C@@H](NC(=O)OC(C)(C)C)c4cccs4)C(C)=C1C3(C)C)[C@]1(OC(C)=O)CO[C@@H]1C[C@@H]2O. The zero-order valence-corrected chi connectivity index (χ0v) is 36.9. The molecule has 338 valence electrons. The highest BCUT2D eigenvalue weighted by molar-refractivity contribution is 7.10. The van der Waals surface area contributed by atoms with Crippen molar-refractivity contribution in [3.8, 4) is 0 Å². The summed E-state index contributed by atoms with van der Waals surface area (Å²) in [5, 5.41) is 41.6. The molecule has 1 aromatic carbocycles. The summed E-state index contributed by atoms with van der Waals surface area (Å²) in [6, 6.07) is 9.65. The molecule has 4 N–H and O–H groups in total. The van der Waals surface area contributed by atoms with Gasteiger partial charge in [0.1, 0.15) is 35.6 Å². The number of fused-ring (bicyclic) bond motifs is 5. The maximum atomic E-state index is 15.6. The molecule has 1 amide bonds. The van der Waals surface area contributed by atoms with Gasteiger partial charge in [0.25, 0.3) is 0 Å². The predicted octanol–water partition coefficient (Wildman–Crippen LogP) is 4.50. The molecule has 0 spiro atoms. The van der Waals surface area contributed by atoms with E-state index in [-0.39, 0.29) is 36.3 Å². The molecule has 18 heteroatoms. The molecule has 17 nitrogen and oxygen atoms in total. The average molecular weight is 886 g/mol. The third-order valence-corrected chi connectivity index (χ3v) is 13.7. The number of thiophene rings is 1. The van der Waals surface area contributed by atoms with E-state index >= 15 is 4.79 Å². The molecule has 11 atom stereocenters. The van der Waals surface area contributed by atoms with Crippen LogP contribution in [0.3, 0.4) is 0 Å². The number of carbonyl (C=O) groups excluding carboxylic acids is 6. The Kier molecular flexibility index (Phi) is 12.8. The normalized spacial score (nSPS) is 32.2. The van der Waals surface area contributed by atoms with Crippen molar-refractivity contribution in [3.05, 3.63) is 69.4 Å². The van der Waals surface area contributed by atoms with E-state index < -0.39 is 119 Å². The number of Topliss-reactive ketones (excluding diaryl/α,β-unsaturated/α-hetero) is 1. The Morgan fingerprint density at radius 3 is 2.26 bits per heavy atom. The summed E-state index contributed by atoms with van der Waals surface area (Å²) in [6.45, 7) is 13.0. The van der Waals surface area contributed by atoms with Gasteiger partial charge in [-0.1, -0.05) is 38.1 Å². The van der Waals surface area contributed by atoms with Crippen molar-refractivity contribution < 1.29 is 77.2 Å². The number of carbonyl (C=O) groups is 6. The molecule has 2 saturated carbocycles. The van der Waals surface area contributed by atoms with Crippen LogP contribution in [0.1, 0.15) is 96.4 Å². The van der Waals surface area contributed by atoms with Crippen LogP contribution in [0.25, 0.3) is 0 Å². The fourth-order valence-electron chi connectivity index (χ4n) is 9.65. The van der Waals surface area contributed by atoms with Gasteiger partial charge in [-0.3, -0.25) is 9.59 Å². The number of hydrogen-bond donors (Lipinski definition) is 4. The number of aliphatic hydroxyl groups excluding tert-OH is 2. The molecule has 1 aliphatic heterocycles. The van der Waals surface area contributed by atoms with Crippen LogP contribution >= 0.6 is 11.3 Å². The minimum atomic E-state index is -2.43. The molecule has 2 unspecified atom stereocenters. The molecule has 1 aromatic heterocycles. The van der Waals surface area contributed by atoms with E-state index in [1.54, 1.807) is 56.5 Å². The summed E-state index contributed by atoms with van der Waals surface area (Å²) in [7, 11) is 0. The second-order valence-corrected chi connectivity index (χ2v) is 18.9. The van der Waals surface area contributed by atoms with Crippen LogP contribution in [0.2, 0.25) is 0 Å². The van der Waals surface area contributed by atoms with Gasteiger partial charge in [0.2, 0.25) is 0 Å². The highest BCUT2D eigenvalue weighted by Crippen LogP contribution is 2.64. The fourth-order valence-corrected chi connectivity index (χ4v) is 10.5. The number of ether oxygens (including phenoxy) is 7. The number of aliphatic hydroxyl groups is 3. The number of rotatable bonds is 10. The first kappa shape index (κ1) is 46.6.